The highest BCUT2D eigenvalue weighted by Gasteiger charge is 2.17. The minimum absolute atomic E-state index is 0.0385. The van der Waals surface area contributed by atoms with Gasteiger partial charge in [-0.05, 0) is 25.0 Å². The number of nitrogens with one attached hydrogen (secondary N) is 2. The van der Waals surface area contributed by atoms with Crippen molar-refractivity contribution in [2.75, 3.05) is 13.2 Å². The minimum Gasteiger partial charge on any atom is -0.376 e. The van der Waals surface area contributed by atoms with Crippen LogP contribution < -0.4 is 16.6 Å². The molecule has 3 heterocycles. The van der Waals surface area contributed by atoms with Gasteiger partial charge in [0, 0.05) is 20.2 Å². The van der Waals surface area contributed by atoms with Crippen molar-refractivity contribution >= 4 is 16.9 Å². The van der Waals surface area contributed by atoms with Gasteiger partial charge in [0.15, 0.2) is 0 Å². The van der Waals surface area contributed by atoms with Crippen molar-refractivity contribution in [1.29, 1.82) is 0 Å². The first-order valence-corrected chi connectivity index (χ1v) is 7.06. The van der Waals surface area contributed by atoms with E-state index in [0.717, 1.165) is 19.4 Å². The van der Waals surface area contributed by atoms with Crippen LogP contribution in [0.15, 0.2) is 21.7 Å². The number of fused-ring (bicyclic) bond motifs is 1. The predicted molar refractivity (Wildman–Crippen MR) is 78.9 cm³/mol. The number of aromatic nitrogens is 3. The Morgan fingerprint density at radius 3 is 3.05 bits per heavy atom. The van der Waals surface area contributed by atoms with Gasteiger partial charge in [-0.2, -0.15) is 0 Å². The van der Waals surface area contributed by atoms with Crippen molar-refractivity contribution in [2.24, 2.45) is 7.05 Å². The van der Waals surface area contributed by atoms with E-state index in [9.17, 15) is 14.4 Å². The van der Waals surface area contributed by atoms with Crippen LogP contribution in [0.3, 0.4) is 0 Å². The first-order valence-electron chi connectivity index (χ1n) is 7.06. The Bertz CT molecular complexity index is 833. The Kier molecular flexibility index (Phi) is 3.76. The second-order valence-corrected chi connectivity index (χ2v) is 5.23. The molecule has 2 N–H and O–H groups in total. The number of amides is 1. The summed E-state index contributed by atoms with van der Waals surface area (Å²) in [6, 6.07) is 2.95. The largest absolute Gasteiger partial charge is 0.376 e. The van der Waals surface area contributed by atoms with Gasteiger partial charge in [0.05, 0.1) is 11.5 Å². The molecule has 22 heavy (non-hydrogen) atoms. The zero-order valence-electron chi connectivity index (χ0n) is 12.1. The summed E-state index contributed by atoms with van der Waals surface area (Å²) in [5.74, 6) is -0.356. The molecule has 3 rings (SSSR count). The van der Waals surface area contributed by atoms with E-state index in [4.69, 9.17) is 4.74 Å². The highest BCUT2D eigenvalue weighted by molar-refractivity contribution is 5.94. The lowest BCUT2D eigenvalue weighted by molar-refractivity contribution is 0.0854. The lowest BCUT2D eigenvalue weighted by Gasteiger charge is -2.11. The van der Waals surface area contributed by atoms with E-state index in [1.807, 2.05) is 0 Å². The van der Waals surface area contributed by atoms with E-state index >= 15 is 0 Å². The zero-order chi connectivity index (χ0) is 15.7. The van der Waals surface area contributed by atoms with Crippen LogP contribution in [0.5, 0.6) is 0 Å². The third kappa shape index (κ3) is 2.64. The Labute approximate surface area is 125 Å². The van der Waals surface area contributed by atoms with E-state index < -0.39 is 11.2 Å². The number of rotatable bonds is 3. The molecule has 0 unspecified atom stereocenters. The third-order valence-corrected chi connectivity index (χ3v) is 3.71. The third-order valence-electron chi connectivity index (χ3n) is 3.71. The number of aryl methyl sites for hydroxylation is 1. The van der Waals surface area contributed by atoms with Gasteiger partial charge in [-0.1, -0.05) is 0 Å². The summed E-state index contributed by atoms with van der Waals surface area (Å²) >= 11 is 0. The van der Waals surface area contributed by atoms with E-state index in [-0.39, 0.29) is 28.7 Å². The predicted octanol–water partition coefficient (Wildman–Crippen LogP) is -0.469. The molecule has 1 saturated heterocycles. The van der Waals surface area contributed by atoms with Gasteiger partial charge >= 0.3 is 5.69 Å². The van der Waals surface area contributed by atoms with Crippen LogP contribution in [0.2, 0.25) is 0 Å². The lowest BCUT2D eigenvalue weighted by Crippen LogP contribution is -2.33. The van der Waals surface area contributed by atoms with Gasteiger partial charge in [-0.15, -0.1) is 0 Å². The Hall–Kier alpha value is -2.48. The fraction of sp³-hybridized carbons (Fsp3) is 0.429. The molecule has 8 nitrogen and oxygen atoms in total. The molecule has 1 aliphatic rings. The van der Waals surface area contributed by atoms with Crippen LogP contribution in [0, 0.1) is 0 Å². The monoisotopic (exact) mass is 304 g/mol. The van der Waals surface area contributed by atoms with E-state index in [0.29, 0.717) is 6.54 Å². The molecule has 1 amide bonds. The summed E-state index contributed by atoms with van der Waals surface area (Å²) in [5, 5.41) is 3.02. The maximum absolute atomic E-state index is 12.1. The molecule has 0 aliphatic carbocycles. The maximum Gasteiger partial charge on any atom is 0.329 e. The molecule has 2 aromatic heterocycles. The van der Waals surface area contributed by atoms with Crippen LogP contribution >= 0.6 is 0 Å². The highest BCUT2D eigenvalue weighted by Crippen LogP contribution is 2.11. The molecule has 0 saturated carbocycles. The summed E-state index contributed by atoms with van der Waals surface area (Å²) in [5.41, 5.74) is -0.747. The summed E-state index contributed by atoms with van der Waals surface area (Å²) in [7, 11) is 1.49. The number of carbonyl (C=O) groups is 1. The van der Waals surface area contributed by atoms with Crippen molar-refractivity contribution in [3.05, 3.63) is 38.7 Å². The van der Waals surface area contributed by atoms with Crippen molar-refractivity contribution in [1.82, 2.24) is 19.9 Å². The number of carbonyl (C=O) groups excluding carboxylic acids is 1. The number of hydrogen-bond donors (Lipinski definition) is 2. The van der Waals surface area contributed by atoms with Crippen molar-refractivity contribution in [3.8, 4) is 0 Å². The first kappa shape index (κ1) is 14.5. The molecule has 8 heteroatoms. The van der Waals surface area contributed by atoms with Crippen LogP contribution in [-0.2, 0) is 11.8 Å². The SMILES string of the molecule is Cn1c(=O)[nH]c(=O)c2ccc(C(=O)NC[C@@H]3CCCO3)nc21. The fourth-order valence-electron chi connectivity index (χ4n) is 2.45. The van der Waals surface area contributed by atoms with E-state index in [1.54, 1.807) is 0 Å². The molecule has 1 fully saturated rings. The second kappa shape index (κ2) is 5.72. The fourth-order valence-corrected chi connectivity index (χ4v) is 2.45. The van der Waals surface area contributed by atoms with Gasteiger partial charge in [0.1, 0.15) is 11.3 Å². The van der Waals surface area contributed by atoms with Crippen LogP contribution in [0.4, 0.5) is 0 Å². The number of hydrogen-bond acceptors (Lipinski definition) is 5. The molecule has 116 valence electrons. The van der Waals surface area contributed by atoms with Gasteiger partial charge < -0.3 is 10.1 Å². The van der Waals surface area contributed by atoms with Gasteiger partial charge in [0.25, 0.3) is 11.5 Å². The number of H-pyrrole nitrogens is 1. The van der Waals surface area contributed by atoms with Gasteiger partial charge in [0.2, 0.25) is 0 Å². The summed E-state index contributed by atoms with van der Waals surface area (Å²) in [4.78, 5) is 41.7. The number of ether oxygens (including phenoxy) is 1. The Balaban J connectivity index is 1.87. The van der Waals surface area contributed by atoms with Crippen LogP contribution in [0.25, 0.3) is 11.0 Å². The number of pyridine rings is 1. The topological polar surface area (TPSA) is 106 Å². The standard InChI is InChI=1S/C14H16N4O4/c1-18-11-9(12(19)17-14(18)21)4-5-10(16-11)13(20)15-7-8-3-2-6-22-8/h4-5,8H,2-3,6-7H2,1H3,(H,15,20)(H,17,19,21)/t8-/m0/s1. The van der Waals surface area contributed by atoms with Crippen molar-refractivity contribution < 1.29 is 9.53 Å². The molecule has 0 aromatic carbocycles. The van der Waals surface area contributed by atoms with Crippen LogP contribution in [-0.4, -0.2) is 39.7 Å². The zero-order valence-corrected chi connectivity index (χ0v) is 12.1. The second-order valence-electron chi connectivity index (χ2n) is 5.23. The maximum atomic E-state index is 12.1. The normalized spacial score (nSPS) is 17.8. The lowest BCUT2D eigenvalue weighted by atomic mass is 10.2. The molecule has 1 atom stereocenters. The summed E-state index contributed by atoms with van der Waals surface area (Å²) < 4.78 is 6.64. The quantitative estimate of drug-likeness (QED) is 0.797. The van der Waals surface area contributed by atoms with Crippen LogP contribution in [0.1, 0.15) is 23.3 Å². The number of nitrogens with zero attached hydrogens (tertiary/aromatic N) is 2. The average Bonchev–Trinajstić information content (AvgIpc) is 3.03. The molecule has 0 spiro atoms. The van der Waals surface area contributed by atoms with Crippen molar-refractivity contribution in [2.45, 2.75) is 18.9 Å². The first-order chi connectivity index (χ1) is 10.6. The number of aromatic amines is 1. The Morgan fingerprint density at radius 2 is 2.32 bits per heavy atom. The molecule has 0 radical (unpaired) electrons. The smallest absolute Gasteiger partial charge is 0.329 e. The average molecular weight is 304 g/mol. The van der Waals surface area contributed by atoms with E-state index in [1.165, 1.54) is 23.7 Å². The van der Waals surface area contributed by atoms with Gasteiger partial charge in [-0.3, -0.25) is 19.1 Å². The van der Waals surface area contributed by atoms with E-state index in [2.05, 4.69) is 15.3 Å². The van der Waals surface area contributed by atoms with Gasteiger partial charge in [-0.25, -0.2) is 9.78 Å². The molecule has 0 bridgehead atoms. The Morgan fingerprint density at radius 1 is 1.50 bits per heavy atom. The highest BCUT2D eigenvalue weighted by atomic mass is 16.5. The summed E-state index contributed by atoms with van der Waals surface area (Å²) in [6.07, 6.45) is 1.96. The minimum atomic E-state index is -0.568. The molecular formula is C14H16N4O4. The molecular weight excluding hydrogens is 288 g/mol. The van der Waals surface area contributed by atoms with Crippen molar-refractivity contribution in [3.63, 3.8) is 0 Å². The summed E-state index contributed by atoms with van der Waals surface area (Å²) in [6.45, 7) is 1.15. The molecule has 2 aromatic rings. The molecule has 1 aliphatic heterocycles.